The number of halogens is 4. The van der Waals surface area contributed by atoms with Crippen molar-refractivity contribution < 1.29 is 28.7 Å². The van der Waals surface area contributed by atoms with Crippen LogP contribution in [0, 0.1) is 0 Å². The summed E-state index contributed by atoms with van der Waals surface area (Å²) < 4.78 is 12.5. The lowest BCUT2D eigenvalue weighted by atomic mass is 10.2. The van der Waals surface area contributed by atoms with Crippen LogP contribution in [0.5, 0.6) is 11.5 Å². The van der Waals surface area contributed by atoms with Gasteiger partial charge in [-0.3, -0.25) is 9.59 Å². The predicted octanol–water partition coefficient (Wildman–Crippen LogP) is 8.12. The van der Waals surface area contributed by atoms with Gasteiger partial charge in [0.1, 0.15) is 11.5 Å². The highest BCUT2D eigenvalue weighted by Gasteiger charge is 2.13. The van der Waals surface area contributed by atoms with E-state index >= 15 is 0 Å². The maximum absolute atomic E-state index is 12.5. The highest BCUT2D eigenvalue weighted by Crippen LogP contribution is 2.24. The first kappa shape index (κ1) is 36.5. The fourth-order valence-electron chi connectivity index (χ4n) is 3.95. The molecule has 0 saturated carbocycles. The average Bonchev–Trinajstić information content (AvgIpc) is 3.06. The number of carbonyl (C=O) groups excluding carboxylic acids is 4. The number of benzene rings is 4. The van der Waals surface area contributed by atoms with Gasteiger partial charge < -0.3 is 9.47 Å². The molecule has 0 atom stereocenters. The molecule has 0 bridgehead atoms. The fraction of sp³-hybridized carbons (Fsp3) is 0.118. The molecule has 0 unspecified atom stereocenters. The molecule has 0 radical (unpaired) electrons. The SMILES string of the molecule is O=C(CCCCC(=O)N/N=C/c1cc(Br)ccc1OC(=O)c1ccc(Cl)cc1)N/N=C/c1cc(Br)ccc1OC(=O)c1ccc(Cl)cc1. The molecular formula is C34H26Br2Cl2N4O6. The molecule has 2 N–H and O–H groups in total. The summed E-state index contributed by atoms with van der Waals surface area (Å²) in [6.07, 6.45) is 3.85. The number of unbranched alkanes of at least 4 members (excludes halogenated alkanes) is 1. The molecule has 246 valence electrons. The Morgan fingerprint density at radius 3 is 1.35 bits per heavy atom. The second-order valence-electron chi connectivity index (χ2n) is 9.95. The summed E-state index contributed by atoms with van der Waals surface area (Å²) in [6, 6.07) is 22.6. The number of esters is 2. The van der Waals surface area contributed by atoms with Gasteiger partial charge in [-0.05, 0) is 97.8 Å². The number of rotatable bonds is 13. The van der Waals surface area contributed by atoms with E-state index in [4.69, 9.17) is 32.7 Å². The van der Waals surface area contributed by atoms with Crippen molar-refractivity contribution in [1.82, 2.24) is 10.9 Å². The Morgan fingerprint density at radius 1 is 0.604 bits per heavy atom. The first-order valence-corrected chi connectivity index (χ1v) is 16.6. The van der Waals surface area contributed by atoms with Crippen molar-refractivity contribution in [3.05, 3.63) is 126 Å². The highest BCUT2D eigenvalue weighted by molar-refractivity contribution is 9.10. The summed E-state index contributed by atoms with van der Waals surface area (Å²) in [6.45, 7) is 0. The summed E-state index contributed by atoms with van der Waals surface area (Å²) in [5.74, 6) is -1.35. The van der Waals surface area contributed by atoms with Crippen LogP contribution < -0.4 is 20.3 Å². The molecule has 0 heterocycles. The van der Waals surface area contributed by atoms with Gasteiger partial charge in [-0.25, -0.2) is 20.4 Å². The van der Waals surface area contributed by atoms with Gasteiger partial charge in [0.25, 0.3) is 0 Å². The van der Waals surface area contributed by atoms with Gasteiger partial charge in [-0.15, -0.1) is 0 Å². The van der Waals surface area contributed by atoms with Crippen LogP contribution in [-0.2, 0) is 9.59 Å². The van der Waals surface area contributed by atoms with E-state index in [0.29, 0.717) is 45.1 Å². The summed E-state index contributed by atoms with van der Waals surface area (Å²) in [7, 11) is 0. The first-order chi connectivity index (χ1) is 23.1. The molecule has 0 aliphatic rings. The van der Waals surface area contributed by atoms with Gasteiger partial charge in [0.15, 0.2) is 0 Å². The van der Waals surface area contributed by atoms with E-state index in [2.05, 4.69) is 52.9 Å². The standard InChI is InChI=1S/C34H26Br2Cl2N4O6/c35-25-9-15-29(47-33(45)21-5-11-27(37)12-6-21)23(17-25)19-39-41-31(43)3-1-2-4-32(44)42-40-20-24-18-26(36)10-16-30(24)48-34(46)22-7-13-28(38)14-8-22/h5-20H,1-4H2,(H,41,43)(H,42,44)/b39-19+,40-20+. The molecule has 0 aliphatic carbocycles. The molecule has 0 aliphatic heterocycles. The van der Waals surface area contributed by atoms with E-state index in [9.17, 15) is 19.2 Å². The van der Waals surface area contributed by atoms with E-state index in [1.807, 2.05) is 0 Å². The Hall–Kier alpha value is -4.36. The lowest BCUT2D eigenvalue weighted by molar-refractivity contribution is -0.123. The smallest absolute Gasteiger partial charge is 0.343 e. The van der Waals surface area contributed by atoms with Crippen LogP contribution in [0.3, 0.4) is 0 Å². The Labute approximate surface area is 302 Å². The van der Waals surface area contributed by atoms with E-state index in [1.165, 1.54) is 12.4 Å². The zero-order valence-corrected chi connectivity index (χ0v) is 29.6. The molecular weight excluding hydrogens is 791 g/mol. The minimum absolute atomic E-state index is 0.130. The Balaban J connectivity index is 1.20. The van der Waals surface area contributed by atoms with Crippen molar-refractivity contribution in [2.75, 3.05) is 0 Å². The lowest BCUT2D eigenvalue weighted by Gasteiger charge is -2.08. The maximum atomic E-state index is 12.5. The second kappa shape index (κ2) is 18.3. The van der Waals surface area contributed by atoms with Gasteiger partial charge in [-0.1, -0.05) is 55.1 Å². The predicted molar refractivity (Wildman–Crippen MR) is 191 cm³/mol. The molecule has 4 aromatic carbocycles. The van der Waals surface area contributed by atoms with Crippen LogP contribution in [-0.4, -0.2) is 36.2 Å². The monoisotopic (exact) mass is 814 g/mol. The van der Waals surface area contributed by atoms with Crippen LogP contribution in [0.1, 0.15) is 57.5 Å². The number of carbonyl (C=O) groups is 4. The molecule has 0 fully saturated rings. The van der Waals surface area contributed by atoms with E-state index in [0.717, 1.165) is 8.95 Å². The fourth-order valence-corrected chi connectivity index (χ4v) is 4.96. The number of ether oxygens (including phenoxy) is 2. The van der Waals surface area contributed by atoms with Crippen molar-refractivity contribution in [3.63, 3.8) is 0 Å². The molecule has 0 saturated heterocycles. The molecule has 48 heavy (non-hydrogen) atoms. The first-order valence-electron chi connectivity index (χ1n) is 14.3. The molecule has 0 aromatic heterocycles. The number of hydrogen-bond acceptors (Lipinski definition) is 8. The van der Waals surface area contributed by atoms with Crippen LogP contribution in [0.15, 0.2) is 104 Å². The minimum Gasteiger partial charge on any atom is -0.422 e. The topological polar surface area (TPSA) is 136 Å². The third kappa shape index (κ3) is 11.7. The molecule has 4 aromatic rings. The normalized spacial score (nSPS) is 11.0. The van der Waals surface area contributed by atoms with E-state index in [1.54, 1.807) is 84.9 Å². The molecule has 2 amide bonds. The Bertz CT molecular complexity index is 1720. The largest absolute Gasteiger partial charge is 0.422 e. The number of nitrogens with zero attached hydrogens (tertiary/aromatic N) is 2. The van der Waals surface area contributed by atoms with Crippen LogP contribution in [0.4, 0.5) is 0 Å². The minimum atomic E-state index is -0.573. The van der Waals surface area contributed by atoms with Gasteiger partial charge in [0.05, 0.1) is 23.6 Å². The third-order valence-corrected chi connectivity index (χ3v) is 7.84. The number of amides is 2. The van der Waals surface area contributed by atoms with Gasteiger partial charge >= 0.3 is 11.9 Å². The van der Waals surface area contributed by atoms with Crippen molar-refractivity contribution in [2.45, 2.75) is 25.7 Å². The van der Waals surface area contributed by atoms with E-state index < -0.39 is 11.9 Å². The molecule has 4 rings (SSSR count). The van der Waals surface area contributed by atoms with Crippen molar-refractivity contribution >= 4 is 91.2 Å². The Morgan fingerprint density at radius 2 is 0.979 bits per heavy atom. The van der Waals surface area contributed by atoms with Crippen molar-refractivity contribution in [3.8, 4) is 11.5 Å². The average molecular weight is 817 g/mol. The quantitative estimate of drug-likeness (QED) is 0.0460. The van der Waals surface area contributed by atoms with E-state index in [-0.39, 0.29) is 36.2 Å². The van der Waals surface area contributed by atoms with Crippen LogP contribution in [0.2, 0.25) is 10.0 Å². The van der Waals surface area contributed by atoms with Crippen LogP contribution >= 0.6 is 55.1 Å². The van der Waals surface area contributed by atoms with Crippen molar-refractivity contribution in [2.24, 2.45) is 10.2 Å². The molecule has 10 nitrogen and oxygen atoms in total. The molecule has 14 heteroatoms. The second-order valence-corrected chi connectivity index (χ2v) is 12.7. The summed E-state index contributed by atoms with van der Waals surface area (Å²) in [5, 5.41) is 8.95. The third-order valence-electron chi connectivity index (χ3n) is 6.35. The number of hydrazone groups is 2. The lowest BCUT2D eigenvalue weighted by Crippen LogP contribution is -2.19. The maximum Gasteiger partial charge on any atom is 0.343 e. The van der Waals surface area contributed by atoms with Crippen LogP contribution in [0.25, 0.3) is 0 Å². The van der Waals surface area contributed by atoms with Crippen molar-refractivity contribution in [1.29, 1.82) is 0 Å². The summed E-state index contributed by atoms with van der Waals surface area (Å²) in [4.78, 5) is 49.6. The zero-order valence-electron chi connectivity index (χ0n) is 24.9. The number of hydrogen-bond donors (Lipinski definition) is 2. The zero-order chi connectivity index (χ0) is 34.5. The summed E-state index contributed by atoms with van der Waals surface area (Å²) in [5.41, 5.74) is 6.44. The van der Waals surface area contributed by atoms with Gasteiger partial charge in [0.2, 0.25) is 11.8 Å². The van der Waals surface area contributed by atoms with Gasteiger partial charge in [-0.2, -0.15) is 10.2 Å². The number of nitrogens with one attached hydrogen (secondary N) is 2. The summed E-state index contributed by atoms with van der Waals surface area (Å²) >= 11 is 18.5. The molecule has 0 spiro atoms. The Kier molecular flexibility index (Phi) is 13.9. The highest BCUT2D eigenvalue weighted by atomic mass is 79.9. The van der Waals surface area contributed by atoms with Gasteiger partial charge in [0, 0.05) is 43.0 Å².